The van der Waals surface area contributed by atoms with Gasteiger partial charge in [-0.1, -0.05) is 22.9 Å². The molecular weight excluding hydrogens is 310 g/mol. The van der Waals surface area contributed by atoms with Crippen molar-refractivity contribution in [1.29, 1.82) is 0 Å². The number of aryl methyl sites for hydroxylation is 1. The average molecular weight is 326 g/mol. The third kappa shape index (κ3) is 2.16. The molecule has 2 aromatic rings. The summed E-state index contributed by atoms with van der Waals surface area (Å²) in [5, 5.41) is 6.47. The number of aromatic nitrogens is 4. The summed E-state index contributed by atoms with van der Waals surface area (Å²) >= 11 is 3.70. The molecule has 0 bridgehead atoms. The Morgan fingerprint density at radius 1 is 1.53 bits per heavy atom. The number of hydrogen-bond acceptors (Lipinski definition) is 4. The molecule has 2 aromatic heterocycles. The van der Waals surface area contributed by atoms with Crippen molar-refractivity contribution in [3.63, 3.8) is 0 Å². The van der Waals surface area contributed by atoms with Crippen LogP contribution in [0, 0.1) is 12.8 Å². The van der Waals surface area contributed by atoms with E-state index in [0.717, 1.165) is 25.3 Å². The van der Waals surface area contributed by atoms with Crippen LogP contribution in [0.15, 0.2) is 10.9 Å². The highest BCUT2D eigenvalue weighted by atomic mass is 79.9. The first-order chi connectivity index (χ1) is 9.06. The summed E-state index contributed by atoms with van der Waals surface area (Å²) < 4.78 is 1.49. The largest absolute Gasteiger partial charge is 0.356 e. The van der Waals surface area contributed by atoms with Gasteiger partial charge < -0.3 is 4.90 Å². The molecule has 0 amide bonds. The molecule has 1 aliphatic rings. The van der Waals surface area contributed by atoms with E-state index < -0.39 is 0 Å². The maximum atomic E-state index is 11.6. The number of H-pyrrole nitrogens is 1. The minimum Gasteiger partial charge on any atom is -0.356 e. The van der Waals surface area contributed by atoms with Crippen molar-refractivity contribution in [2.24, 2.45) is 5.92 Å². The van der Waals surface area contributed by atoms with Crippen LogP contribution in [-0.4, -0.2) is 37.5 Å². The van der Waals surface area contributed by atoms with Gasteiger partial charge in [0.25, 0.3) is 0 Å². The van der Waals surface area contributed by atoms with Gasteiger partial charge in [-0.05, 0) is 19.3 Å². The predicted molar refractivity (Wildman–Crippen MR) is 77.1 cm³/mol. The van der Waals surface area contributed by atoms with Crippen molar-refractivity contribution >= 4 is 27.4 Å². The van der Waals surface area contributed by atoms with Crippen LogP contribution < -0.4 is 10.6 Å². The Morgan fingerprint density at radius 2 is 2.32 bits per heavy atom. The summed E-state index contributed by atoms with van der Waals surface area (Å²) in [4.78, 5) is 18.9. The Kier molecular flexibility index (Phi) is 3.08. The second-order valence-electron chi connectivity index (χ2n) is 5.11. The first kappa shape index (κ1) is 12.7. The molecule has 1 fully saturated rings. The highest BCUT2D eigenvalue weighted by molar-refractivity contribution is 9.09. The Morgan fingerprint density at radius 3 is 3.05 bits per heavy atom. The van der Waals surface area contributed by atoms with E-state index in [-0.39, 0.29) is 5.69 Å². The standard InChI is InChI=1S/C12H16BrN5O/c1-7-6-17(4-3-9(7)13)10-5-11-15-16-12(19)18(11)8(2)14-10/h5,7,9H,3-4,6H2,1-2H3,(H,16,19). The number of aromatic amines is 1. The van der Waals surface area contributed by atoms with E-state index in [2.05, 4.69) is 42.9 Å². The number of alkyl halides is 1. The van der Waals surface area contributed by atoms with Crippen molar-refractivity contribution in [2.45, 2.75) is 25.1 Å². The van der Waals surface area contributed by atoms with Gasteiger partial charge >= 0.3 is 5.69 Å². The Balaban J connectivity index is 1.99. The molecular formula is C12H16BrN5O. The van der Waals surface area contributed by atoms with Gasteiger partial charge in [0, 0.05) is 24.0 Å². The number of anilines is 1. The average Bonchev–Trinajstić information content (AvgIpc) is 2.75. The van der Waals surface area contributed by atoms with Crippen molar-refractivity contribution in [1.82, 2.24) is 19.6 Å². The zero-order chi connectivity index (χ0) is 13.6. The van der Waals surface area contributed by atoms with Crippen molar-refractivity contribution in [3.05, 3.63) is 22.4 Å². The quantitative estimate of drug-likeness (QED) is 0.803. The summed E-state index contributed by atoms with van der Waals surface area (Å²) in [6, 6.07) is 1.87. The highest BCUT2D eigenvalue weighted by Crippen LogP contribution is 2.26. The van der Waals surface area contributed by atoms with Crippen molar-refractivity contribution in [2.75, 3.05) is 18.0 Å². The zero-order valence-corrected chi connectivity index (χ0v) is 12.5. The Labute approximate surface area is 119 Å². The molecule has 3 rings (SSSR count). The number of nitrogens with zero attached hydrogens (tertiary/aromatic N) is 4. The van der Waals surface area contributed by atoms with Crippen LogP contribution in [-0.2, 0) is 0 Å². The lowest BCUT2D eigenvalue weighted by atomic mass is 10.0. The van der Waals surface area contributed by atoms with E-state index in [1.807, 2.05) is 13.0 Å². The fourth-order valence-corrected chi connectivity index (χ4v) is 2.94. The number of piperidine rings is 1. The van der Waals surface area contributed by atoms with E-state index in [9.17, 15) is 4.79 Å². The Hall–Kier alpha value is -1.37. The van der Waals surface area contributed by atoms with Crippen molar-refractivity contribution < 1.29 is 0 Å². The lowest BCUT2D eigenvalue weighted by Gasteiger charge is -2.35. The first-order valence-electron chi connectivity index (χ1n) is 6.40. The fraction of sp³-hybridized carbons (Fsp3) is 0.583. The molecule has 0 saturated carbocycles. The van der Waals surface area contributed by atoms with E-state index >= 15 is 0 Å². The third-order valence-electron chi connectivity index (χ3n) is 3.68. The smallest absolute Gasteiger partial charge is 0.349 e. The highest BCUT2D eigenvalue weighted by Gasteiger charge is 2.25. The number of nitrogens with one attached hydrogen (secondary N) is 1. The zero-order valence-electron chi connectivity index (χ0n) is 10.9. The SMILES string of the molecule is Cc1nc(N2CCC(Br)C(C)C2)cc2n[nH]c(=O)n12. The molecule has 2 unspecified atom stereocenters. The molecule has 7 heteroatoms. The van der Waals surface area contributed by atoms with Crippen LogP contribution in [0.4, 0.5) is 5.82 Å². The lowest BCUT2D eigenvalue weighted by Crippen LogP contribution is -2.40. The van der Waals surface area contributed by atoms with Crippen LogP contribution >= 0.6 is 15.9 Å². The van der Waals surface area contributed by atoms with Gasteiger partial charge in [0.15, 0.2) is 5.65 Å². The first-order valence-corrected chi connectivity index (χ1v) is 7.31. The Bertz CT molecular complexity index is 664. The number of halogens is 1. The summed E-state index contributed by atoms with van der Waals surface area (Å²) in [7, 11) is 0. The van der Waals surface area contributed by atoms with E-state index in [1.54, 1.807) is 0 Å². The number of rotatable bonds is 1. The molecule has 0 spiro atoms. The van der Waals surface area contributed by atoms with E-state index in [4.69, 9.17) is 0 Å². The summed E-state index contributed by atoms with van der Waals surface area (Å²) in [6.07, 6.45) is 1.10. The second-order valence-corrected chi connectivity index (χ2v) is 6.29. The van der Waals surface area contributed by atoms with Gasteiger partial charge in [0.2, 0.25) is 0 Å². The topological polar surface area (TPSA) is 66.3 Å². The van der Waals surface area contributed by atoms with E-state index in [1.165, 1.54) is 4.40 Å². The van der Waals surface area contributed by atoms with E-state index in [0.29, 0.717) is 22.2 Å². The van der Waals surface area contributed by atoms with Gasteiger partial charge in [0.05, 0.1) is 0 Å². The van der Waals surface area contributed by atoms with Crippen LogP contribution in [0.25, 0.3) is 5.65 Å². The number of fused-ring (bicyclic) bond motifs is 1. The summed E-state index contributed by atoms with van der Waals surface area (Å²) in [5.74, 6) is 2.14. The van der Waals surface area contributed by atoms with Crippen LogP contribution in [0.5, 0.6) is 0 Å². The molecule has 6 nitrogen and oxygen atoms in total. The summed E-state index contributed by atoms with van der Waals surface area (Å²) in [6.45, 7) is 5.99. The molecule has 102 valence electrons. The van der Waals surface area contributed by atoms with Gasteiger partial charge in [-0.2, -0.15) is 5.10 Å². The molecule has 0 aliphatic carbocycles. The molecule has 1 saturated heterocycles. The molecule has 19 heavy (non-hydrogen) atoms. The monoisotopic (exact) mass is 325 g/mol. The van der Waals surface area contributed by atoms with Gasteiger partial charge in [-0.15, -0.1) is 0 Å². The normalized spacial score (nSPS) is 24.1. The molecule has 0 aromatic carbocycles. The molecule has 3 heterocycles. The minimum atomic E-state index is -0.237. The number of hydrogen-bond donors (Lipinski definition) is 1. The fourth-order valence-electron chi connectivity index (χ4n) is 2.57. The lowest BCUT2D eigenvalue weighted by molar-refractivity contribution is 0.463. The maximum Gasteiger partial charge on any atom is 0.349 e. The molecule has 0 radical (unpaired) electrons. The van der Waals surface area contributed by atoms with Crippen molar-refractivity contribution in [3.8, 4) is 0 Å². The van der Waals surface area contributed by atoms with Gasteiger partial charge in [-0.25, -0.2) is 19.3 Å². The van der Waals surface area contributed by atoms with Crippen LogP contribution in [0.1, 0.15) is 19.2 Å². The van der Waals surface area contributed by atoms with Crippen LogP contribution in [0.2, 0.25) is 0 Å². The predicted octanol–water partition coefficient (Wildman–Crippen LogP) is 1.34. The van der Waals surface area contributed by atoms with Gasteiger partial charge in [0.1, 0.15) is 11.6 Å². The molecule has 1 aliphatic heterocycles. The van der Waals surface area contributed by atoms with Crippen LogP contribution in [0.3, 0.4) is 0 Å². The second kappa shape index (κ2) is 4.63. The third-order valence-corrected chi connectivity index (χ3v) is 5.04. The molecule has 1 N–H and O–H groups in total. The minimum absolute atomic E-state index is 0.237. The van der Waals surface area contributed by atoms with Gasteiger partial charge in [-0.3, -0.25) is 0 Å². The maximum absolute atomic E-state index is 11.6. The molecule has 2 atom stereocenters. The summed E-state index contributed by atoms with van der Waals surface area (Å²) in [5.41, 5.74) is 0.389.